The summed E-state index contributed by atoms with van der Waals surface area (Å²) in [6.45, 7) is 2.30. The highest BCUT2D eigenvalue weighted by Crippen LogP contribution is 2.48. The van der Waals surface area contributed by atoms with Crippen LogP contribution in [0.4, 0.5) is 8.78 Å². The van der Waals surface area contributed by atoms with Gasteiger partial charge in [0.15, 0.2) is 0 Å². The molecule has 4 aliphatic rings. The number of piperidine rings is 1. The van der Waals surface area contributed by atoms with Gasteiger partial charge < -0.3 is 14.9 Å². The molecular formula is C23H28F2N2O3. The van der Waals surface area contributed by atoms with Gasteiger partial charge in [-0.05, 0) is 55.7 Å². The molecule has 2 aliphatic heterocycles. The number of nitrogens with zero attached hydrogens (tertiary/aromatic N) is 2. The number of amides is 2. The van der Waals surface area contributed by atoms with E-state index in [1.54, 1.807) is 9.80 Å². The molecular weight excluding hydrogens is 390 g/mol. The molecule has 7 heteroatoms. The van der Waals surface area contributed by atoms with Crippen molar-refractivity contribution >= 4 is 11.8 Å². The summed E-state index contributed by atoms with van der Waals surface area (Å²) in [7, 11) is 0. The molecule has 2 unspecified atom stereocenters. The second-order valence-corrected chi connectivity index (χ2v) is 9.79. The van der Waals surface area contributed by atoms with E-state index in [1.165, 1.54) is 0 Å². The molecule has 3 fully saturated rings. The standard InChI is InChI=1S/C23H28F2N2O3/c1-23(7-2-3-8-23)22(30)27-18-10-13(11-19(18)28)20(27)21(29)26-9-6-14-15(12-26)17(25)5-4-16(14)24/h4-5,13,18-20,28H,2-3,6-12H2,1H3/t13?,18?,19-,20-/m0/s1. The topological polar surface area (TPSA) is 60.9 Å². The van der Waals surface area contributed by atoms with Crippen LogP contribution in [0.2, 0.25) is 0 Å². The Labute approximate surface area is 175 Å². The van der Waals surface area contributed by atoms with E-state index < -0.39 is 29.2 Å². The molecule has 0 radical (unpaired) electrons. The van der Waals surface area contributed by atoms with E-state index in [0.717, 1.165) is 37.8 Å². The van der Waals surface area contributed by atoms with E-state index in [0.29, 0.717) is 24.9 Å². The molecule has 1 N–H and O–H groups in total. The fraction of sp³-hybridized carbons (Fsp3) is 0.652. The number of benzene rings is 1. The van der Waals surface area contributed by atoms with Gasteiger partial charge in [0.05, 0.1) is 12.1 Å². The van der Waals surface area contributed by atoms with Gasteiger partial charge in [-0.15, -0.1) is 0 Å². The number of halogens is 2. The molecule has 0 aromatic heterocycles. The summed E-state index contributed by atoms with van der Waals surface area (Å²) in [6.07, 6.45) is 4.41. The van der Waals surface area contributed by atoms with Crippen LogP contribution in [0.3, 0.4) is 0 Å². The van der Waals surface area contributed by atoms with Crippen molar-refractivity contribution in [1.82, 2.24) is 9.80 Å². The van der Waals surface area contributed by atoms with Crippen molar-refractivity contribution in [2.24, 2.45) is 11.3 Å². The lowest BCUT2D eigenvalue weighted by Gasteiger charge is -2.43. The molecule has 0 spiro atoms. The van der Waals surface area contributed by atoms with Crippen molar-refractivity contribution in [2.75, 3.05) is 6.54 Å². The third-order valence-electron chi connectivity index (χ3n) is 7.96. The van der Waals surface area contributed by atoms with E-state index in [2.05, 4.69) is 0 Å². The van der Waals surface area contributed by atoms with E-state index in [4.69, 9.17) is 0 Å². The quantitative estimate of drug-likeness (QED) is 0.804. The summed E-state index contributed by atoms with van der Waals surface area (Å²) in [5, 5.41) is 10.5. The minimum absolute atomic E-state index is 0.0213. The lowest BCUT2D eigenvalue weighted by atomic mass is 9.85. The van der Waals surface area contributed by atoms with Crippen LogP contribution in [0.5, 0.6) is 0 Å². The largest absolute Gasteiger partial charge is 0.391 e. The van der Waals surface area contributed by atoms with Crippen LogP contribution in [0.25, 0.3) is 0 Å². The number of carbonyl (C=O) groups excluding carboxylic acids is 2. The van der Waals surface area contributed by atoms with Crippen LogP contribution in [-0.4, -0.2) is 51.5 Å². The highest BCUT2D eigenvalue weighted by atomic mass is 19.1. The maximum atomic E-state index is 14.3. The van der Waals surface area contributed by atoms with E-state index in [1.807, 2.05) is 6.92 Å². The highest BCUT2D eigenvalue weighted by molar-refractivity contribution is 5.92. The third kappa shape index (κ3) is 2.88. The van der Waals surface area contributed by atoms with Gasteiger partial charge in [0.25, 0.3) is 0 Å². The fourth-order valence-electron chi connectivity index (χ4n) is 6.27. The summed E-state index contributed by atoms with van der Waals surface area (Å²) < 4.78 is 28.4. The first-order valence-corrected chi connectivity index (χ1v) is 11.1. The molecule has 162 valence electrons. The first-order valence-electron chi connectivity index (χ1n) is 11.1. The number of aliphatic hydroxyl groups excluding tert-OH is 1. The Morgan fingerprint density at radius 2 is 1.77 bits per heavy atom. The van der Waals surface area contributed by atoms with Crippen LogP contribution in [0.1, 0.15) is 56.6 Å². The van der Waals surface area contributed by atoms with Gasteiger partial charge in [-0.3, -0.25) is 9.59 Å². The smallest absolute Gasteiger partial charge is 0.245 e. The third-order valence-corrected chi connectivity index (χ3v) is 7.96. The van der Waals surface area contributed by atoms with Crippen molar-refractivity contribution < 1.29 is 23.5 Å². The van der Waals surface area contributed by atoms with E-state index >= 15 is 0 Å². The van der Waals surface area contributed by atoms with Crippen molar-refractivity contribution in [2.45, 2.75) is 76.6 Å². The van der Waals surface area contributed by atoms with Crippen LogP contribution in [0.15, 0.2) is 12.1 Å². The molecule has 5 nitrogen and oxygen atoms in total. The molecule has 1 saturated heterocycles. The molecule has 4 atom stereocenters. The van der Waals surface area contributed by atoms with Crippen LogP contribution in [-0.2, 0) is 22.6 Å². The number of likely N-dealkylation sites (tertiary alicyclic amines) is 1. The first kappa shape index (κ1) is 19.9. The van der Waals surface area contributed by atoms with Gasteiger partial charge in [0.2, 0.25) is 11.8 Å². The second-order valence-electron chi connectivity index (χ2n) is 9.79. The van der Waals surface area contributed by atoms with Crippen molar-refractivity contribution in [3.05, 3.63) is 34.9 Å². The molecule has 1 aromatic rings. The van der Waals surface area contributed by atoms with Crippen LogP contribution < -0.4 is 0 Å². The molecule has 2 saturated carbocycles. The van der Waals surface area contributed by atoms with Gasteiger partial charge in [-0.2, -0.15) is 0 Å². The molecule has 1 aromatic carbocycles. The number of hydrogen-bond donors (Lipinski definition) is 1. The summed E-state index contributed by atoms with van der Waals surface area (Å²) in [5.41, 5.74) is 0.0964. The Morgan fingerprint density at radius 1 is 1.10 bits per heavy atom. The summed E-state index contributed by atoms with van der Waals surface area (Å²) in [4.78, 5) is 30.3. The minimum Gasteiger partial charge on any atom is -0.391 e. The van der Waals surface area contributed by atoms with Crippen molar-refractivity contribution in [1.29, 1.82) is 0 Å². The Kier molecular flexibility index (Phi) is 4.65. The predicted octanol–water partition coefficient (Wildman–Crippen LogP) is 2.78. The van der Waals surface area contributed by atoms with Crippen LogP contribution >= 0.6 is 0 Å². The second kappa shape index (κ2) is 7.01. The van der Waals surface area contributed by atoms with Gasteiger partial charge >= 0.3 is 0 Å². The number of aliphatic hydroxyl groups is 1. The van der Waals surface area contributed by atoms with Gasteiger partial charge in [-0.25, -0.2) is 8.78 Å². The Hall–Kier alpha value is -2.02. The predicted molar refractivity (Wildman–Crippen MR) is 105 cm³/mol. The van der Waals surface area contributed by atoms with Gasteiger partial charge in [0, 0.05) is 24.1 Å². The molecule has 2 aliphatic carbocycles. The zero-order chi connectivity index (χ0) is 21.2. The Balaban J connectivity index is 1.43. The number of hydrogen-bond acceptors (Lipinski definition) is 3. The Morgan fingerprint density at radius 3 is 2.47 bits per heavy atom. The summed E-state index contributed by atoms with van der Waals surface area (Å²) in [6, 6.07) is 1.31. The molecule has 2 bridgehead atoms. The van der Waals surface area contributed by atoms with E-state index in [9.17, 15) is 23.5 Å². The van der Waals surface area contributed by atoms with Gasteiger partial charge in [-0.1, -0.05) is 19.8 Å². The van der Waals surface area contributed by atoms with Crippen molar-refractivity contribution in [3.63, 3.8) is 0 Å². The number of rotatable bonds is 2. The fourth-order valence-corrected chi connectivity index (χ4v) is 6.27. The normalized spacial score (nSPS) is 31.9. The molecule has 2 heterocycles. The maximum absolute atomic E-state index is 14.3. The van der Waals surface area contributed by atoms with E-state index in [-0.39, 0.29) is 42.3 Å². The van der Waals surface area contributed by atoms with Gasteiger partial charge in [0.1, 0.15) is 17.7 Å². The zero-order valence-corrected chi connectivity index (χ0v) is 17.2. The summed E-state index contributed by atoms with van der Waals surface area (Å²) >= 11 is 0. The summed E-state index contributed by atoms with van der Waals surface area (Å²) in [5.74, 6) is -1.24. The maximum Gasteiger partial charge on any atom is 0.245 e. The van der Waals surface area contributed by atoms with Crippen LogP contribution in [0, 0.1) is 23.0 Å². The lowest BCUT2D eigenvalue weighted by Crippen LogP contribution is -2.59. The van der Waals surface area contributed by atoms with Crippen molar-refractivity contribution in [3.8, 4) is 0 Å². The highest BCUT2D eigenvalue weighted by Gasteiger charge is 2.58. The molecule has 2 amide bonds. The monoisotopic (exact) mass is 418 g/mol. The zero-order valence-electron chi connectivity index (χ0n) is 17.2. The average Bonchev–Trinajstić information content (AvgIpc) is 3.44. The first-order chi connectivity index (χ1) is 14.3. The number of carbonyl (C=O) groups is 2. The molecule has 5 rings (SSSR count). The number of fused-ring (bicyclic) bond motifs is 3. The average molecular weight is 418 g/mol. The SMILES string of the molecule is CC1(C(=O)N2C3CC(C[C@@H]3O)[C@H]2C(=O)N2CCc3c(F)ccc(F)c3C2)CCCC1. The lowest BCUT2D eigenvalue weighted by molar-refractivity contribution is -0.157. The minimum atomic E-state index is -0.610. The Bertz CT molecular complexity index is 899. The molecule has 30 heavy (non-hydrogen) atoms.